The molecule has 0 aliphatic heterocycles. The highest BCUT2D eigenvalue weighted by Crippen LogP contribution is 2.70. The minimum atomic E-state index is -0.761. The van der Waals surface area contributed by atoms with Crippen LogP contribution in [-0.2, 0) is 15.6 Å². The molecule has 1 heterocycles. The molecule has 2 bridgehead atoms. The first kappa shape index (κ1) is 17.3. The summed E-state index contributed by atoms with van der Waals surface area (Å²) in [5.41, 5.74) is 2.67. The standard InChI is InChI=1S/C23H22FN3O/c1-21(2)22(3)12-13-23(21,20(28)25-15-10-8-14(24)9-11-15)19-18(22)26-16-6-4-5-7-17(16)27-19/h4-11H,12-13H2,1-3H3,(H,25,28). The Balaban J connectivity index is 1.69. The van der Waals surface area contributed by atoms with E-state index in [4.69, 9.17) is 9.97 Å². The number of hydrogen-bond acceptors (Lipinski definition) is 3. The smallest absolute Gasteiger partial charge is 0.237 e. The number of hydrogen-bond donors (Lipinski definition) is 1. The van der Waals surface area contributed by atoms with Crippen LogP contribution in [0.15, 0.2) is 48.5 Å². The number of amides is 1. The third-order valence-electron chi connectivity index (χ3n) is 7.43. The first-order chi connectivity index (χ1) is 13.3. The molecule has 2 aliphatic rings. The van der Waals surface area contributed by atoms with E-state index in [2.05, 4.69) is 26.1 Å². The lowest BCUT2D eigenvalue weighted by Gasteiger charge is -2.39. The molecule has 142 valence electrons. The SMILES string of the molecule is CC12CCC(C(=O)Nc3ccc(F)cc3)(c3nc4ccccc4nc31)C2(C)C. The minimum absolute atomic E-state index is 0.0869. The van der Waals surface area contributed by atoms with E-state index < -0.39 is 5.41 Å². The Morgan fingerprint density at radius 1 is 0.929 bits per heavy atom. The van der Waals surface area contributed by atoms with E-state index in [1.807, 2.05) is 24.3 Å². The molecule has 4 nitrogen and oxygen atoms in total. The van der Waals surface area contributed by atoms with Gasteiger partial charge in [-0.05, 0) is 54.7 Å². The van der Waals surface area contributed by atoms with Gasteiger partial charge >= 0.3 is 0 Å². The molecular formula is C23H22FN3O. The van der Waals surface area contributed by atoms with Crippen molar-refractivity contribution in [2.75, 3.05) is 5.32 Å². The Morgan fingerprint density at radius 3 is 2.18 bits per heavy atom. The highest BCUT2D eigenvalue weighted by atomic mass is 19.1. The zero-order chi connectivity index (χ0) is 19.7. The first-order valence-corrected chi connectivity index (χ1v) is 9.64. The monoisotopic (exact) mass is 375 g/mol. The summed E-state index contributed by atoms with van der Waals surface area (Å²) < 4.78 is 13.3. The van der Waals surface area contributed by atoms with Crippen molar-refractivity contribution in [3.8, 4) is 0 Å². The minimum Gasteiger partial charge on any atom is -0.325 e. The summed E-state index contributed by atoms with van der Waals surface area (Å²) in [6, 6.07) is 13.7. The Hall–Kier alpha value is -2.82. The molecule has 1 saturated carbocycles. The van der Waals surface area contributed by atoms with Crippen molar-refractivity contribution in [1.29, 1.82) is 0 Å². The third-order valence-corrected chi connectivity index (χ3v) is 7.43. The summed E-state index contributed by atoms with van der Waals surface area (Å²) in [6.07, 6.45) is 1.61. The second-order valence-electron chi connectivity index (χ2n) is 8.73. The van der Waals surface area contributed by atoms with Gasteiger partial charge in [-0.15, -0.1) is 0 Å². The van der Waals surface area contributed by atoms with Crippen LogP contribution in [0, 0.1) is 11.2 Å². The summed E-state index contributed by atoms with van der Waals surface area (Å²) in [7, 11) is 0. The van der Waals surface area contributed by atoms with Crippen molar-refractivity contribution < 1.29 is 9.18 Å². The van der Waals surface area contributed by atoms with E-state index >= 15 is 0 Å². The summed E-state index contributed by atoms with van der Waals surface area (Å²) >= 11 is 0. The second kappa shape index (κ2) is 5.37. The second-order valence-corrected chi connectivity index (χ2v) is 8.73. The molecule has 2 aromatic carbocycles. The molecule has 0 radical (unpaired) electrons. The van der Waals surface area contributed by atoms with E-state index in [9.17, 15) is 9.18 Å². The van der Waals surface area contributed by atoms with Crippen LogP contribution in [0.5, 0.6) is 0 Å². The lowest BCUT2D eigenvalue weighted by atomic mass is 9.63. The molecule has 2 atom stereocenters. The number of benzene rings is 2. The third kappa shape index (κ3) is 1.91. The molecule has 5 rings (SSSR count). The van der Waals surface area contributed by atoms with Gasteiger partial charge in [0, 0.05) is 11.1 Å². The van der Waals surface area contributed by atoms with Gasteiger partial charge < -0.3 is 5.32 Å². The van der Waals surface area contributed by atoms with Crippen LogP contribution >= 0.6 is 0 Å². The number of fused-ring (bicyclic) bond motifs is 6. The first-order valence-electron chi connectivity index (χ1n) is 9.64. The van der Waals surface area contributed by atoms with Crippen molar-refractivity contribution in [2.45, 2.75) is 44.4 Å². The Bertz CT molecular complexity index is 1120. The van der Waals surface area contributed by atoms with Crippen molar-refractivity contribution >= 4 is 22.6 Å². The summed E-state index contributed by atoms with van der Waals surface area (Å²) in [6.45, 7) is 6.51. The summed E-state index contributed by atoms with van der Waals surface area (Å²) in [5, 5.41) is 3.02. The maximum Gasteiger partial charge on any atom is 0.237 e. The van der Waals surface area contributed by atoms with E-state index in [0.29, 0.717) is 5.69 Å². The number of nitrogens with zero attached hydrogens (tertiary/aromatic N) is 2. The van der Waals surface area contributed by atoms with E-state index in [1.165, 1.54) is 12.1 Å². The predicted molar refractivity (Wildman–Crippen MR) is 107 cm³/mol. The summed E-state index contributed by atoms with van der Waals surface area (Å²) in [4.78, 5) is 23.6. The van der Waals surface area contributed by atoms with Crippen LogP contribution in [0.1, 0.15) is 45.0 Å². The van der Waals surface area contributed by atoms with E-state index in [1.54, 1.807) is 12.1 Å². The fraction of sp³-hybridized carbons (Fsp3) is 0.348. The van der Waals surface area contributed by atoms with Crippen molar-refractivity contribution in [1.82, 2.24) is 9.97 Å². The molecule has 1 fully saturated rings. The highest BCUT2D eigenvalue weighted by Gasteiger charge is 2.73. The number of anilines is 1. The van der Waals surface area contributed by atoms with Crippen LogP contribution in [-0.4, -0.2) is 15.9 Å². The molecule has 0 saturated heterocycles. The molecule has 3 aromatic rings. The quantitative estimate of drug-likeness (QED) is 0.704. The van der Waals surface area contributed by atoms with E-state index in [-0.39, 0.29) is 22.6 Å². The van der Waals surface area contributed by atoms with Gasteiger partial charge in [0.25, 0.3) is 0 Å². The molecule has 1 N–H and O–H groups in total. The molecule has 1 amide bonds. The highest BCUT2D eigenvalue weighted by molar-refractivity contribution is 6.02. The lowest BCUT2D eigenvalue weighted by Crippen LogP contribution is -2.48. The fourth-order valence-electron chi connectivity index (χ4n) is 5.32. The number of aromatic nitrogens is 2. The number of carbonyl (C=O) groups excluding carboxylic acids is 1. The normalized spacial score (nSPS) is 27.0. The molecule has 1 aromatic heterocycles. The Morgan fingerprint density at radius 2 is 1.54 bits per heavy atom. The van der Waals surface area contributed by atoms with Crippen LogP contribution in [0.3, 0.4) is 0 Å². The molecular weight excluding hydrogens is 353 g/mol. The van der Waals surface area contributed by atoms with Gasteiger partial charge in [0.15, 0.2) is 0 Å². The zero-order valence-electron chi connectivity index (χ0n) is 16.2. The molecule has 28 heavy (non-hydrogen) atoms. The van der Waals surface area contributed by atoms with Crippen molar-refractivity contribution in [3.05, 3.63) is 65.7 Å². The number of nitrogens with one attached hydrogen (secondary N) is 1. The van der Waals surface area contributed by atoms with Crippen molar-refractivity contribution in [2.24, 2.45) is 5.41 Å². The van der Waals surface area contributed by atoms with Crippen molar-refractivity contribution in [3.63, 3.8) is 0 Å². The van der Waals surface area contributed by atoms with Gasteiger partial charge in [0.05, 0.1) is 27.8 Å². The van der Waals surface area contributed by atoms with Crippen LogP contribution in [0.25, 0.3) is 11.0 Å². The van der Waals surface area contributed by atoms with Gasteiger partial charge in [0.2, 0.25) is 5.91 Å². The lowest BCUT2D eigenvalue weighted by molar-refractivity contribution is -0.125. The zero-order valence-corrected chi connectivity index (χ0v) is 16.2. The fourth-order valence-corrected chi connectivity index (χ4v) is 5.32. The van der Waals surface area contributed by atoms with E-state index in [0.717, 1.165) is 35.3 Å². The van der Waals surface area contributed by atoms with Gasteiger partial charge in [-0.25, -0.2) is 14.4 Å². The Labute approximate surface area is 163 Å². The maximum atomic E-state index is 13.7. The van der Waals surface area contributed by atoms with Crippen LogP contribution < -0.4 is 5.32 Å². The molecule has 2 aliphatic carbocycles. The largest absolute Gasteiger partial charge is 0.325 e. The maximum absolute atomic E-state index is 13.7. The van der Waals surface area contributed by atoms with Crippen LogP contribution in [0.4, 0.5) is 10.1 Å². The van der Waals surface area contributed by atoms with Crippen LogP contribution in [0.2, 0.25) is 0 Å². The van der Waals surface area contributed by atoms with Gasteiger partial charge in [0.1, 0.15) is 5.82 Å². The number of carbonyl (C=O) groups is 1. The average Bonchev–Trinajstić information content (AvgIpc) is 2.98. The average molecular weight is 375 g/mol. The Kier molecular flexibility index (Phi) is 3.32. The molecule has 0 spiro atoms. The number of para-hydroxylation sites is 2. The topological polar surface area (TPSA) is 54.9 Å². The molecule has 2 unspecified atom stereocenters. The predicted octanol–water partition coefficient (Wildman–Crippen LogP) is 4.74. The van der Waals surface area contributed by atoms with Gasteiger partial charge in [-0.1, -0.05) is 32.9 Å². The molecule has 5 heteroatoms. The van der Waals surface area contributed by atoms with Gasteiger partial charge in [-0.2, -0.15) is 0 Å². The number of halogens is 1. The number of rotatable bonds is 2. The van der Waals surface area contributed by atoms with Gasteiger partial charge in [-0.3, -0.25) is 4.79 Å². The summed E-state index contributed by atoms with van der Waals surface area (Å²) in [5.74, 6) is -0.412.